The van der Waals surface area contributed by atoms with Crippen LogP contribution in [0.25, 0.3) is 10.9 Å². The fourth-order valence-corrected chi connectivity index (χ4v) is 13.8. The lowest BCUT2D eigenvalue weighted by molar-refractivity contribution is 0.215. The molecule has 41 heteroatoms. The maximum Gasteiger partial charge on any atom is 0.381 e. The number of hydrogen-bond donors (Lipinski definition) is 18. The summed E-state index contributed by atoms with van der Waals surface area (Å²) in [6, 6.07) is 33.0. The first kappa shape index (κ1) is 111. The number of ether oxygens (including phenoxy) is 4. The molecule has 5 aromatic carbocycles. The maximum absolute atomic E-state index is 12.2. The van der Waals surface area contributed by atoms with Crippen molar-refractivity contribution in [2.45, 2.75) is 173 Å². The van der Waals surface area contributed by atoms with Crippen LogP contribution in [0.15, 0.2) is 192 Å². The first-order valence-electron chi connectivity index (χ1n) is 44.7. The topological polar surface area (TPSA) is 587 Å². The zero-order valence-electron chi connectivity index (χ0n) is 75.2. The third kappa shape index (κ3) is 47.9. The summed E-state index contributed by atoms with van der Waals surface area (Å²) in [6.07, 6.45) is 7.07. The standard InChI is InChI=1S/C92H132Cl4N20O17/c93-71-26-6-1-20-66(71)60-130-89(126)110-40-15-11-30-75(97)85(122)106-49-45-101-80(117)36-54-115(55-37-81(118)102-46-50-107-86(123)76(98)31-12-16-41-111-90(127)131-61-67-21-2-7-27-72(67)94)53-19-24-65(84(121)105-44-35-64-58-114-79-34-10-5-25-70(64)79)59-116(56-38-82(119)103-47-51-108-87(124)77(99)32-13-17-42-112-91(128)132-62-68-22-3-8-28-73(68)95)57-39-83(120)104-48-52-109-88(125)78(100)33-14-18-43-113-92(129)133-63-69-23-4-9-29-74(69)96/h1-10,20-23,25-29,34,58,65,75-78,114H,11-19,24,30-33,35-57,59-63,97-100H2,(H,101,117)(H,102,118)(H,103,119)(H,104,120)(H,105,121)(H,106,122)(H,107,123)(H,108,124)(H,109,125)(H,110,126)(H,111,127)(H,112,128)(H,113,129)/t65-,75-,76-,77-,78-/m0/s1. The maximum atomic E-state index is 12.2. The highest BCUT2D eigenvalue weighted by Gasteiger charge is 2.24. The van der Waals surface area contributed by atoms with Crippen LogP contribution in [0.3, 0.4) is 0 Å². The Balaban J connectivity index is 1.14. The minimum absolute atomic E-state index is 0.00104. The molecule has 730 valence electrons. The Morgan fingerprint density at radius 1 is 0.293 bits per heavy atom. The number of halogens is 4. The van der Waals surface area contributed by atoms with Crippen molar-refractivity contribution in [3.05, 3.63) is 175 Å². The van der Waals surface area contributed by atoms with Crippen molar-refractivity contribution in [3.8, 4) is 0 Å². The number of fused-ring (bicyclic) bond motifs is 1. The molecular weight excluding hydrogens is 1800 g/mol. The van der Waals surface area contributed by atoms with Gasteiger partial charge in [-0.15, -0.1) is 0 Å². The highest BCUT2D eigenvalue weighted by molar-refractivity contribution is 6.32. The molecule has 5 atom stereocenters. The summed E-state index contributed by atoms with van der Waals surface area (Å²) in [5.41, 5.74) is 29.7. The second kappa shape index (κ2) is 65.5. The second-order valence-corrected chi connectivity index (χ2v) is 32.7. The molecule has 1 heterocycles. The number of aromatic amines is 1. The minimum Gasteiger partial charge on any atom is -0.497 e. The van der Waals surface area contributed by atoms with Gasteiger partial charge in [0.15, 0.2) is 53.1 Å². The van der Waals surface area contributed by atoms with Gasteiger partial charge in [-0.2, -0.15) is 0 Å². The number of aliphatic hydroxyl groups excluding tert-OH is 13. The number of benzene rings is 5. The van der Waals surface area contributed by atoms with Crippen LogP contribution in [0.5, 0.6) is 0 Å². The average Bonchev–Trinajstić information content (AvgIpc) is 1.69. The summed E-state index contributed by atoms with van der Waals surface area (Å²) in [7, 11) is 0. The number of aliphatic imine (C=N–C) groups is 13. The van der Waals surface area contributed by atoms with Gasteiger partial charge in [-0.05, 0) is 139 Å². The Kier molecular flexibility index (Phi) is 54.5. The summed E-state index contributed by atoms with van der Waals surface area (Å²) in [4.78, 5) is 62.2. The van der Waals surface area contributed by atoms with E-state index in [0.29, 0.717) is 145 Å². The van der Waals surface area contributed by atoms with E-state index in [4.69, 9.17) is 93.3 Å². The third-order valence-electron chi connectivity index (χ3n) is 20.7. The highest BCUT2D eigenvalue weighted by Crippen LogP contribution is 2.23. The van der Waals surface area contributed by atoms with E-state index in [2.05, 4.69) is 64.9 Å². The number of aliphatic hydroxyl groups is 13. The van der Waals surface area contributed by atoms with Gasteiger partial charge in [0.25, 0.3) is 0 Å². The van der Waals surface area contributed by atoms with E-state index in [1.165, 1.54) is 0 Å². The van der Waals surface area contributed by atoms with E-state index < -0.39 is 54.4 Å². The van der Waals surface area contributed by atoms with Gasteiger partial charge >= 0.3 is 24.3 Å². The van der Waals surface area contributed by atoms with E-state index >= 15 is 0 Å². The largest absolute Gasteiger partial charge is 0.497 e. The number of nitrogens with zero attached hydrogens (tertiary/aromatic N) is 15. The number of aromatic nitrogens is 1. The van der Waals surface area contributed by atoms with Crippen molar-refractivity contribution in [2.75, 3.05) is 124 Å². The van der Waals surface area contributed by atoms with Crippen molar-refractivity contribution in [3.63, 3.8) is 0 Å². The highest BCUT2D eigenvalue weighted by atomic mass is 35.5. The zero-order valence-corrected chi connectivity index (χ0v) is 78.2. The number of H-pyrrole nitrogens is 1. The van der Waals surface area contributed by atoms with E-state index in [-0.39, 0.29) is 223 Å². The number of rotatable bonds is 66. The van der Waals surface area contributed by atoms with Crippen molar-refractivity contribution >= 4 is 135 Å². The van der Waals surface area contributed by atoms with Gasteiger partial charge in [0.05, 0.1) is 76.5 Å². The summed E-state index contributed by atoms with van der Waals surface area (Å²) >= 11 is 24.7. The number of nitrogens with two attached hydrogens (primary N) is 4. The van der Waals surface area contributed by atoms with Crippen LogP contribution in [-0.4, -0.2) is 307 Å². The van der Waals surface area contributed by atoms with Crippen molar-refractivity contribution in [1.29, 1.82) is 0 Å². The van der Waals surface area contributed by atoms with E-state index in [1.807, 2.05) is 40.3 Å². The number of nitrogens with one attached hydrogen (secondary N) is 1. The lowest BCUT2D eigenvalue weighted by Gasteiger charge is -2.28. The summed E-state index contributed by atoms with van der Waals surface area (Å²) < 4.78 is 21.3. The molecule has 0 spiro atoms. The van der Waals surface area contributed by atoms with Crippen molar-refractivity contribution < 1.29 is 85.3 Å². The summed E-state index contributed by atoms with van der Waals surface area (Å²) in [5, 5.41) is 144. The molecule has 0 aliphatic heterocycles. The SMILES string of the molecule is N[C@@H](CCCCN=C(O)OCc1ccccc1Cl)C(O)=NCCN=C(O)CCN(CCC[C@@H](CN(CCC(O)=NCCN=C(O)[C@@H](N)CCCCN=C(O)OCc1ccccc1Cl)CCC(O)=NCCN=C(O)[C@@H](N)CCCCN=C(O)OCc1ccccc1Cl)C(O)=NCCc1c[nH]c2ccccc12)CCC(O)=NCCN=C(O)[C@@H](N)CCCCN=C(O)OCc1ccccc1Cl. The number of hydrogen-bond acceptors (Lipinski definition) is 23. The minimum atomic E-state index is -0.799. The summed E-state index contributed by atoms with van der Waals surface area (Å²) in [5.74, 6) is -2.87. The predicted molar refractivity (Wildman–Crippen MR) is 532 cm³/mol. The smallest absolute Gasteiger partial charge is 0.381 e. The molecule has 0 amide bonds. The van der Waals surface area contributed by atoms with E-state index in [1.54, 1.807) is 97.1 Å². The monoisotopic (exact) mass is 1930 g/mol. The summed E-state index contributed by atoms with van der Waals surface area (Å²) in [6.45, 7) is 2.58. The predicted octanol–water partition coefficient (Wildman–Crippen LogP) is 15.0. The van der Waals surface area contributed by atoms with Crippen LogP contribution in [0.4, 0.5) is 0 Å². The van der Waals surface area contributed by atoms with Gasteiger partial charge < -0.3 is 123 Å². The van der Waals surface area contributed by atoms with Gasteiger partial charge in [0.1, 0.15) is 26.4 Å². The van der Waals surface area contributed by atoms with Crippen molar-refractivity contribution in [1.82, 2.24) is 14.8 Å². The first-order chi connectivity index (χ1) is 64.2. The van der Waals surface area contributed by atoms with Gasteiger partial charge in [-0.3, -0.25) is 44.9 Å². The fraction of sp³-hybridized carbons (Fsp3) is 0.511. The number of unbranched alkanes of at least 4 members (excludes halogenated alkanes) is 4. The number of para-hydroxylation sites is 1. The molecule has 0 bridgehead atoms. The normalized spacial score (nSPS) is 14.7. The van der Waals surface area contributed by atoms with Crippen molar-refractivity contribution in [2.24, 2.45) is 93.8 Å². The molecule has 133 heavy (non-hydrogen) atoms. The molecule has 22 N–H and O–H groups in total. The zero-order chi connectivity index (χ0) is 96.2. The lowest BCUT2D eigenvalue weighted by atomic mass is 10.0. The molecule has 37 nitrogen and oxygen atoms in total. The Labute approximate surface area is 796 Å². The first-order valence-corrected chi connectivity index (χ1v) is 46.2. The van der Waals surface area contributed by atoms with Crippen LogP contribution in [0.1, 0.15) is 143 Å². The van der Waals surface area contributed by atoms with Gasteiger partial charge in [-0.1, -0.05) is 137 Å². The fourth-order valence-electron chi connectivity index (χ4n) is 13.1. The molecule has 0 fully saturated rings. The molecule has 1 aromatic heterocycles. The molecule has 0 radical (unpaired) electrons. The van der Waals surface area contributed by atoms with E-state index in [9.17, 15) is 66.4 Å². The van der Waals surface area contributed by atoms with Crippen LogP contribution < -0.4 is 22.9 Å². The Hall–Kier alpha value is -11.1. The molecular formula is C92H132Cl4N20O17. The molecule has 0 saturated heterocycles. The Morgan fingerprint density at radius 2 is 0.579 bits per heavy atom. The van der Waals surface area contributed by atoms with Gasteiger partial charge in [0.2, 0.25) is 0 Å². The average molecular weight is 1930 g/mol. The third-order valence-corrected chi connectivity index (χ3v) is 22.2. The quantitative estimate of drug-likeness (QED) is 0.00958. The molecule has 6 aromatic rings. The van der Waals surface area contributed by atoms with E-state index in [0.717, 1.165) is 16.5 Å². The van der Waals surface area contributed by atoms with Crippen LogP contribution in [0.2, 0.25) is 20.1 Å². The van der Waals surface area contributed by atoms with Gasteiger partial charge in [0, 0.05) is 156 Å². The molecule has 0 aliphatic rings. The molecule has 0 unspecified atom stereocenters. The second-order valence-electron chi connectivity index (χ2n) is 31.1. The Morgan fingerprint density at radius 3 is 0.902 bits per heavy atom. The van der Waals surface area contributed by atoms with Crippen LogP contribution in [-0.2, 0) is 51.8 Å². The lowest BCUT2D eigenvalue weighted by Crippen LogP contribution is -2.37. The van der Waals surface area contributed by atoms with Crippen LogP contribution >= 0.6 is 46.4 Å². The molecule has 6 rings (SSSR count). The molecule has 0 aliphatic carbocycles. The van der Waals surface area contributed by atoms with Crippen LogP contribution in [0, 0.1) is 5.92 Å². The van der Waals surface area contributed by atoms with Gasteiger partial charge in [-0.25, -0.2) is 20.0 Å². The Bertz CT molecular complexity index is 4580. The molecule has 0 saturated carbocycles.